The molecule has 1 aromatic rings. The Bertz CT molecular complexity index is 432. The van der Waals surface area contributed by atoms with Crippen LogP contribution in [0.25, 0.3) is 0 Å². The van der Waals surface area contributed by atoms with Crippen LogP contribution < -0.4 is 14.8 Å². The number of benzene rings is 1. The first-order valence-electron chi connectivity index (χ1n) is 4.77. The van der Waals surface area contributed by atoms with Crippen molar-refractivity contribution in [3.05, 3.63) is 30.4 Å². The summed E-state index contributed by atoms with van der Waals surface area (Å²) in [5.74, 6) is 0.105. The van der Waals surface area contributed by atoms with Gasteiger partial charge in [-0.25, -0.2) is 0 Å². The van der Waals surface area contributed by atoms with Gasteiger partial charge in [0.2, 0.25) is 0 Å². The molecule has 0 amide bonds. The molecule has 0 saturated heterocycles. The van der Waals surface area contributed by atoms with Gasteiger partial charge in [-0.2, -0.15) is 0 Å². The van der Waals surface area contributed by atoms with E-state index in [2.05, 4.69) is 21.4 Å². The fourth-order valence-electron chi connectivity index (χ4n) is 1.47. The molecule has 3 nitrogen and oxygen atoms in total. The van der Waals surface area contributed by atoms with Crippen LogP contribution in [0, 0.1) is 6.92 Å². The summed E-state index contributed by atoms with van der Waals surface area (Å²) in [5.41, 5.74) is 1.53. The van der Waals surface area contributed by atoms with Gasteiger partial charge in [0.15, 0.2) is 11.5 Å². The molecule has 1 heterocycles. The number of halogens is 2. The topological polar surface area (TPSA) is 30.5 Å². The lowest BCUT2D eigenvalue weighted by molar-refractivity contribution is -0.286. The van der Waals surface area contributed by atoms with Crippen molar-refractivity contribution in [2.75, 3.05) is 11.9 Å². The van der Waals surface area contributed by atoms with Crippen LogP contribution in [-0.2, 0) is 0 Å². The lowest BCUT2D eigenvalue weighted by atomic mass is 10.2. The van der Waals surface area contributed by atoms with Crippen molar-refractivity contribution in [1.82, 2.24) is 0 Å². The van der Waals surface area contributed by atoms with Crippen molar-refractivity contribution in [3.63, 3.8) is 0 Å². The molecule has 1 aliphatic rings. The molecular formula is C11H11F2NO2. The zero-order chi connectivity index (χ0) is 11.8. The minimum atomic E-state index is -3.56. The van der Waals surface area contributed by atoms with Crippen molar-refractivity contribution in [2.45, 2.75) is 13.2 Å². The van der Waals surface area contributed by atoms with Crippen molar-refractivity contribution in [2.24, 2.45) is 0 Å². The third-order valence-electron chi connectivity index (χ3n) is 2.19. The molecule has 0 bridgehead atoms. The third kappa shape index (κ3) is 1.93. The average Bonchev–Trinajstić information content (AvgIpc) is 2.47. The molecule has 2 rings (SSSR count). The van der Waals surface area contributed by atoms with Crippen molar-refractivity contribution in [1.29, 1.82) is 0 Å². The molecule has 0 radical (unpaired) electrons. The fraction of sp³-hybridized carbons (Fsp3) is 0.273. The Hall–Kier alpha value is -1.78. The van der Waals surface area contributed by atoms with Crippen LogP contribution in [0.2, 0.25) is 0 Å². The summed E-state index contributed by atoms with van der Waals surface area (Å²) in [7, 11) is 0. The van der Waals surface area contributed by atoms with E-state index in [0.717, 1.165) is 11.3 Å². The Morgan fingerprint density at radius 2 is 2.00 bits per heavy atom. The predicted molar refractivity (Wildman–Crippen MR) is 56.1 cm³/mol. The van der Waals surface area contributed by atoms with Crippen molar-refractivity contribution in [3.8, 4) is 11.5 Å². The van der Waals surface area contributed by atoms with E-state index in [1.807, 2.05) is 0 Å². The van der Waals surface area contributed by atoms with Gasteiger partial charge in [-0.05, 0) is 18.6 Å². The molecule has 1 aromatic carbocycles. The summed E-state index contributed by atoms with van der Waals surface area (Å²) in [4.78, 5) is 0. The van der Waals surface area contributed by atoms with E-state index in [1.54, 1.807) is 13.0 Å². The Labute approximate surface area is 91.7 Å². The van der Waals surface area contributed by atoms with E-state index in [0.29, 0.717) is 6.54 Å². The average molecular weight is 227 g/mol. The van der Waals surface area contributed by atoms with Crippen molar-refractivity contribution < 1.29 is 18.3 Å². The third-order valence-corrected chi connectivity index (χ3v) is 2.19. The van der Waals surface area contributed by atoms with Crippen LogP contribution in [0.3, 0.4) is 0 Å². The predicted octanol–water partition coefficient (Wildman–Crippen LogP) is 2.91. The van der Waals surface area contributed by atoms with E-state index in [9.17, 15) is 8.78 Å². The first kappa shape index (κ1) is 10.7. The van der Waals surface area contributed by atoms with E-state index in [1.165, 1.54) is 12.1 Å². The number of aryl methyl sites for hydroxylation is 1. The van der Waals surface area contributed by atoms with E-state index >= 15 is 0 Å². The first-order valence-corrected chi connectivity index (χ1v) is 4.77. The molecule has 0 saturated carbocycles. The molecule has 1 aliphatic heterocycles. The normalized spacial score (nSPS) is 15.9. The summed E-state index contributed by atoms with van der Waals surface area (Å²) >= 11 is 0. The van der Waals surface area contributed by atoms with Gasteiger partial charge < -0.3 is 14.8 Å². The number of ether oxygens (including phenoxy) is 2. The van der Waals surface area contributed by atoms with Crippen LogP contribution in [-0.4, -0.2) is 12.8 Å². The van der Waals surface area contributed by atoms with Crippen LogP contribution in [0.1, 0.15) is 5.56 Å². The smallest absolute Gasteiger partial charge is 0.395 e. The second kappa shape index (κ2) is 3.66. The van der Waals surface area contributed by atoms with Gasteiger partial charge in [-0.3, -0.25) is 0 Å². The molecule has 0 fully saturated rings. The highest BCUT2D eigenvalue weighted by molar-refractivity contribution is 5.61. The van der Waals surface area contributed by atoms with Gasteiger partial charge in [-0.1, -0.05) is 6.08 Å². The Morgan fingerprint density at radius 3 is 2.62 bits per heavy atom. The monoisotopic (exact) mass is 227 g/mol. The van der Waals surface area contributed by atoms with E-state index in [-0.39, 0.29) is 11.5 Å². The molecule has 0 unspecified atom stereocenters. The number of anilines is 1. The SMILES string of the molecule is C=CCNc1cc2c(cc1C)OC(F)(F)O2. The summed E-state index contributed by atoms with van der Waals surface area (Å²) in [6.45, 7) is 5.91. The summed E-state index contributed by atoms with van der Waals surface area (Å²) in [5, 5.41) is 3.02. The lowest BCUT2D eigenvalue weighted by Crippen LogP contribution is -2.25. The highest BCUT2D eigenvalue weighted by Crippen LogP contribution is 2.43. The standard InChI is InChI=1S/C11H11F2NO2/c1-3-4-14-8-6-10-9(5-7(8)2)15-11(12,13)16-10/h3,5-6,14H,1,4H2,2H3. The van der Waals surface area contributed by atoms with Crippen LogP contribution in [0.15, 0.2) is 24.8 Å². The quantitative estimate of drug-likeness (QED) is 0.805. The van der Waals surface area contributed by atoms with Gasteiger partial charge in [0.05, 0.1) is 0 Å². The Kier molecular flexibility index (Phi) is 2.46. The lowest BCUT2D eigenvalue weighted by Gasteiger charge is -2.07. The summed E-state index contributed by atoms with van der Waals surface area (Å²) < 4.78 is 34.2. The fourth-order valence-corrected chi connectivity index (χ4v) is 1.47. The zero-order valence-electron chi connectivity index (χ0n) is 8.72. The first-order chi connectivity index (χ1) is 7.52. The number of hydrogen-bond acceptors (Lipinski definition) is 3. The van der Waals surface area contributed by atoms with E-state index < -0.39 is 6.29 Å². The van der Waals surface area contributed by atoms with Gasteiger partial charge in [-0.15, -0.1) is 15.4 Å². The molecule has 86 valence electrons. The second-order valence-electron chi connectivity index (χ2n) is 3.45. The molecule has 0 aromatic heterocycles. The number of rotatable bonds is 3. The molecule has 1 N–H and O–H groups in total. The number of nitrogens with one attached hydrogen (secondary N) is 1. The maximum Gasteiger partial charge on any atom is 0.586 e. The zero-order valence-corrected chi connectivity index (χ0v) is 8.72. The van der Waals surface area contributed by atoms with Crippen LogP contribution in [0.5, 0.6) is 11.5 Å². The Morgan fingerprint density at radius 1 is 1.38 bits per heavy atom. The van der Waals surface area contributed by atoms with Gasteiger partial charge in [0.25, 0.3) is 0 Å². The van der Waals surface area contributed by atoms with Gasteiger partial charge in [0, 0.05) is 18.3 Å². The van der Waals surface area contributed by atoms with Gasteiger partial charge in [0.1, 0.15) is 0 Å². The molecule has 5 heteroatoms. The highest BCUT2D eigenvalue weighted by Gasteiger charge is 2.43. The molecule has 0 atom stereocenters. The molecule has 0 aliphatic carbocycles. The maximum atomic E-state index is 12.8. The molecular weight excluding hydrogens is 216 g/mol. The minimum absolute atomic E-state index is 0.0437. The maximum absolute atomic E-state index is 12.8. The van der Waals surface area contributed by atoms with Crippen LogP contribution in [0.4, 0.5) is 14.5 Å². The number of alkyl halides is 2. The second-order valence-corrected chi connectivity index (χ2v) is 3.45. The molecule has 0 spiro atoms. The van der Waals surface area contributed by atoms with Crippen molar-refractivity contribution >= 4 is 5.69 Å². The number of fused-ring (bicyclic) bond motifs is 1. The van der Waals surface area contributed by atoms with Crippen LogP contribution >= 0.6 is 0 Å². The Balaban J connectivity index is 2.29. The van der Waals surface area contributed by atoms with Gasteiger partial charge >= 0.3 is 6.29 Å². The highest BCUT2D eigenvalue weighted by atomic mass is 19.3. The largest absolute Gasteiger partial charge is 0.586 e. The minimum Gasteiger partial charge on any atom is -0.395 e. The van der Waals surface area contributed by atoms with E-state index in [4.69, 9.17) is 0 Å². The summed E-state index contributed by atoms with van der Waals surface area (Å²) in [6.07, 6.45) is -1.88. The molecule has 16 heavy (non-hydrogen) atoms. The number of hydrogen-bond donors (Lipinski definition) is 1. The summed E-state index contributed by atoms with van der Waals surface area (Å²) in [6, 6.07) is 3.01.